The molecule has 12 nitrogen and oxygen atoms in total. The van der Waals surface area contributed by atoms with Crippen molar-refractivity contribution in [3.8, 4) is 0 Å². The van der Waals surface area contributed by atoms with Gasteiger partial charge in [-0.1, -0.05) is 32.6 Å². The molecular formula is C29H35N9O3S. The summed E-state index contributed by atoms with van der Waals surface area (Å²) in [7, 11) is -3.40. The summed E-state index contributed by atoms with van der Waals surface area (Å²) in [5.41, 5.74) is 3.92. The number of anilines is 1. The average Bonchev–Trinajstić information content (AvgIpc) is 3.18. The zero-order valence-electron chi connectivity index (χ0n) is 24.0. The van der Waals surface area contributed by atoms with Gasteiger partial charge in [0.15, 0.2) is 21.1 Å². The monoisotopic (exact) mass is 589 g/mol. The molecule has 2 saturated carbocycles. The molecule has 13 heteroatoms. The number of sulfone groups is 1. The summed E-state index contributed by atoms with van der Waals surface area (Å²) in [6.07, 6.45) is 14.4. The summed E-state index contributed by atoms with van der Waals surface area (Å²) in [6.45, 7) is 3.96. The van der Waals surface area contributed by atoms with Crippen LogP contribution in [0.3, 0.4) is 0 Å². The lowest BCUT2D eigenvalue weighted by Gasteiger charge is -2.27. The highest BCUT2D eigenvalue weighted by Gasteiger charge is 2.27. The normalized spacial score (nSPS) is 17.7. The Hall–Kier alpha value is -3.87. The van der Waals surface area contributed by atoms with Gasteiger partial charge in [0.2, 0.25) is 0 Å². The summed E-state index contributed by atoms with van der Waals surface area (Å²) in [5, 5.41) is 3.61. The summed E-state index contributed by atoms with van der Waals surface area (Å²) in [6, 6.07) is 0.0179. The molecule has 0 spiro atoms. The molecule has 3 aromatic rings. The summed E-state index contributed by atoms with van der Waals surface area (Å²) in [4.78, 5) is 45.9. The van der Waals surface area contributed by atoms with E-state index in [1.165, 1.54) is 18.8 Å². The minimum atomic E-state index is -3.40. The number of nitrogens with zero attached hydrogens (tertiary/aromatic N) is 8. The predicted octanol–water partition coefficient (Wildman–Crippen LogP) is 2.17. The van der Waals surface area contributed by atoms with E-state index >= 15 is 0 Å². The van der Waals surface area contributed by atoms with Gasteiger partial charge in [0.05, 0.1) is 42.1 Å². The minimum absolute atomic E-state index is 0.0179. The van der Waals surface area contributed by atoms with E-state index in [0.29, 0.717) is 29.1 Å². The van der Waals surface area contributed by atoms with Gasteiger partial charge in [0.25, 0.3) is 5.56 Å². The second-order valence-electron chi connectivity index (χ2n) is 11.1. The number of aryl methyl sites for hydroxylation is 1. The van der Waals surface area contributed by atoms with E-state index in [2.05, 4.69) is 30.2 Å². The number of hydrogen-bond acceptors (Lipinski definition) is 11. The Morgan fingerprint density at radius 2 is 1.76 bits per heavy atom. The Morgan fingerprint density at radius 1 is 1.00 bits per heavy atom. The topological polar surface area (TPSA) is 157 Å². The van der Waals surface area contributed by atoms with E-state index in [1.54, 1.807) is 24.0 Å². The molecule has 220 valence electrons. The van der Waals surface area contributed by atoms with Gasteiger partial charge in [0.1, 0.15) is 22.4 Å². The Bertz CT molecular complexity index is 1810. The molecule has 0 unspecified atom stereocenters. The minimum Gasteiger partial charge on any atom is -0.358 e. The third-order valence-corrected chi connectivity index (χ3v) is 10.1. The van der Waals surface area contributed by atoms with E-state index in [-0.39, 0.29) is 34.6 Å². The third-order valence-electron chi connectivity index (χ3n) is 8.45. The van der Waals surface area contributed by atoms with Gasteiger partial charge in [-0.25, -0.2) is 33.3 Å². The number of aromatic nitrogens is 6. The molecule has 3 aromatic heterocycles. The number of hydrogen-bond donors (Lipinski definition) is 1. The lowest BCUT2D eigenvalue weighted by Crippen LogP contribution is -2.48. The van der Waals surface area contributed by atoms with Gasteiger partial charge in [-0.2, -0.15) is 0 Å². The Labute approximate surface area is 244 Å². The Balaban J connectivity index is 1.38. The second kappa shape index (κ2) is 11.8. The van der Waals surface area contributed by atoms with Crippen molar-refractivity contribution in [2.24, 2.45) is 9.98 Å². The fraction of sp³-hybridized carbons (Fsp3) is 0.517. The van der Waals surface area contributed by atoms with E-state index < -0.39 is 9.84 Å². The van der Waals surface area contributed by atoms with Crippen molar-refractivity contribution in [3.63, 3.8) is 0 Å². The van der Waals surface area contributed by atoms with Crippen LogP contribution in [0, 0.1) is 6.92 Å². The molecule has 0 saturated heterocycles. The molecule has 2 aliphatic carbocycles. The maximum absolute atomic E-state index is 13.9. The molecule has 1 aliphatic heterocycles. The second-order valence-corrected chi connectivity index (χ2v) is 13.4. The molecule has 3 aliphatic rings. The van der Waals surface area contributed by atoms with Gasteiger partial charge in [0, 0.05) is 29.9 Å². The van der Waals surface area contributed by atoms with Crippen molar-refractivity contribution < 1.29 is 8.42 Å². The molecule has 0 aromatic carbocycles. The van der Waals surface area contributed by atoms with Gasteiger partial charge in [-0.3, -0.25) is 19.3 Å². The summed E-state index contributed by atoms with van der Waals surface area (Å²) in [5.74, 6) is 0.885. The maximum atomic E-state index is 13.9. The van der Waals surface area contributed by atoms with E-state index in [9.17, 15) is 13.2 Å². The lowest BCUT2D eigenvalue weighted by atomic mass is 9.80. The zero-order valence-corrected chi connectivity index (χ0v) is 24.8. The highest BCUT2D eigenvalue weighted by Crippen LogP contribution is 2.37. The number of fused-ring (bicyclic) bond motifs is 1. The third kappa shape index (κ3) is 5.49. The summed E-state index contributed by atoms with van der Waals surface area (Å²) < 4.78 is 26.0. The van der Waals surface area contributed by atoms with Crippen molar-refractivity contribution in [2.45, 2.75) is 88.6 Å². The number of nitrogens with one attached hydrogen (secondary N) is 1. The van der Waals surface area contributed by atoms with Crippen LogP contribution in [-0.4, -0.2) is 55.9 Å². The molecule has 2 fully saturated rings. The standard InChI is InChI=1S/C29H35N9O3S/c1-3-42(40,41)21-12-31-24(32-13-21)16-33-27-29(39)38(20-10-5-4-6-11-20)28-23(37-27)15-30-22(14-34-28)25-18(2)35-17-36-26(25)19-8-7-9-19/h12-13,15,17,19-20H,3-11,14,16H2,1-2H3,(H,33,37). The molecule has 0 amide bonds. The molecular weight excluding hydrogens is 554 g/mol. The van der Waals surface area contributed by atoms with E-state index in [4.69, 9.17) is 9.98 Å². The number of rotatable bonds is 8. The van der Waals surface area contributed by atoms with Gasteiger partial charge in [-0.15, -0.1) is 0 Å². The molecule has 0 bridgehead atoms. The fourth-order valence-corrected chi connectivity index (χ4v) is 6.59. The maximum Gasteiger partial charge on any atom is 0.295 e. The first-order chi connectivity index (χ1) is 20.4. The molecule has 4 heterocycles. The van der Waals surface area contributed by atoms with E-state index in [0.717, 1.165) is 67.6 Å². The lowest BCUT2D eigenvalue weighted by molar-refractivity contribution is 0.336. The van der Waals surface area contributed by atoms with Crippen LogP contribution in [0.1, 0.15) is 93.0 Å². The van der Waals surface area contributed by atoms with Crippen molar-refractivity contribution >= 4 is 27.6 Å². The molecule has 0 radical (unpaired) electrons. The molecule has 0 atom stereocenters. The fourth-order valence-electron chi connectivity index (χ4n) is 5.83. The van der Waals surface area contributed by atoms with Crippen molar-refractivity contribution in [2.75, 3.05) is 17.6 Å². The van der Waals surface area contributed by atoms with Crippen molar-refractivity contribution in [1.29, 1.82) is 0 Å². The first kappa shape index (κ1) is 28.3. The van der Waals surface area contributed by atoms with Crippen LogP contribution in [0.15, 0.2) is 38.4 Å². The highest BCUT2D eigenvalue weighted by molar-refractivity contribution is 7.91. The highest BCUT2D eigenvalue weighted by atomic mass is 32.2. The first-order valence-corrected chi connectivity index (χ1v) is 16.3. The van der Waals surface area contributed by atoms with Gasteiger partial charge >= 0.3 is 0 Å². The van der Waals surface area contributed by atoms with Crippen LogP contribution < -0.4 is 21.7 Å². The van der Waals surface area contributed by atoms with Gasteiger partial charge < -0.3 is 5.32 Å². The molecule has 1 N–H and O–H groups in total. The van der Waals surface area contributed by atoms with Crippen LogP contribution >= 0.6 is 0 Å². The largest absolute Gasteiger partial charge is 0.358 e. The SMILES string of the molecule is CCS(=O)(=O)c1cnc(CNc2nc3c(n(C4CCCCC4)c2=O)=NCC(c2c(C)ncnc2C2CCC2)=NC=3)nc1. The number of aliphatic imine (C=N–C) groups is 1. The van der Waals surface area contributed by atoms with Crippen molar-refractivity contribution in [3.05, 3.63) is 62.7 Å². The smallest absolute Gasteiger partial charge is 0.295 e. The van der Waals surface area contributed by atoms with Crippen LogP contribution in [0.25, 0.3) is 6.20 Å². The van der Waals surface area contributed by atoms with E-state index in [1.807, 2.05) is 6.92 Å². The van der Waals surface area contributed by atoms with Crippen molar-refractivity contribution in [1.82, 2.24) is 29.5 Å². The summed E-state index contributed by atoms with van der Waals surface area (Å²) >= 11 is 0. The Morgan fingerprint density at radius 3 is 2.45 bits per heavy atom. The average molecular weight is 590 g/mol. The van der Waals surface area contributed by atoms with Gasteiger partial charge in [-0.05, 0) is 32.6 Å². The molecule has 42 heavy (non-hydrogen) atoms. The Kier molecular flexibility index (Phi) is 7.93. The zero-order chi connectivity index (χ0) is 29.3. The van der Waals surface area contributed by atoms with Crippen LogP contribution in [0.2, 0.25) is 0 Å². The van der Waals surface area contributed by atoms with Crippen LogP contribution in [-0.2, 0) is 16.4 Å². The van der Waals surface area contributed by atoms with Crippen LogP contribution in [0.5, 0.6) is 0 Å². The quantitative estimate of drug-likeness (QED) is 0.416. The first-order valence-electron chi connectivity index (χ1n) is 14.7. The molecule has 6 rings (SSSR count). The predicted molar refractivity (Wildman–Crippen MR) is 158 cm³/mol. The van der Waals surface area contributed by atoms with Crippen LogP contribution in [0.4, 0.5) is 5.82 Å².